The lowest BCUT2D eigenvalue weighted by Gasteiger charge is -2.12. The van der Waals surface area contributed by atoms with Crippen molar-refractivity contribution in [3.8, 4) is 5.75 Å². The summed E-state index contributed by atoms with van der Waals surface area (Å²) < 4.78 is 7.75. The van der Waals surface area contributed by atoms with Crippen LogP contribution in [-0.2, 0) is 17.8 Å². The Labute approximate surface area is 145 Å². The van der Waals surface area contributed by atoms with Crippen molar-refractivity contribution in [2.45, 2.75) is 31.1 Å². The van der Waals surface area contributed by atoms with E-state index in [9.17, 15) is 4.79 Å². The monoisotopic (exact) mass is 344 g/mol. The van der Waals surface area contributed by atoms with Crippen LogP contribution in [0.15, 0.2) is 42.1 Å². The van der Waals surface area contributed by atoms with Gasteiger partial charge in [-0.2, -0.15) is 0 Å². The Balaban J connectivity index is 1.45. The van der Waals surface area contributed by atoms with E-state index in [1.165, 1.54) is 17.3 Å². The van der Waals surface area contributed by atoms with E-state index < -0.39 is 0 Å². The van der Waals surface area contributed by atoms with Gasteiger partial charge in [-0.1, -0.05) is 36.0 Å². The van der Waals surface area contributed by atoms with Gasteiger partial charge < -0.3 is 14.6 Å². The van der Waals surface area contributed by atoms with Crippen LogP contribution in [-0.4, -0.2) is 39.1 Å². The van der Waals surface area contributed by atoms with Crippen molar-refractivity contribution in [2.75, 3.05) is 12.3 Å². The molecule has 0 saturated carbocycles. The minimum atomic E-state index is -0.0367. The molecule has 0 spiro atoms. The van der Waals surface area contributed by atoms with Crippen LogP contribution in [0.4, 0.5) is 0 Å². The predicted octanol–water partition coefficient (Wildman–Crippen LogP) is 1.98. The molecule has 0 fully saturated rings. The summed E-state index contributed by atoms with van der Waals surface area (Å²) in [6.07, 6.45) is 2.62. The van der Waals surface area contributed by atoms with Gasteiger partial charge in [-0.25, -0.2) is 0 Å². The number of benzene rings is 1. The van der Waals surface area contributed by atoms with E-state index in [2.05, 4.69) is 28.2 Å². The van der Waals surface area contributed by atoms with E-state index in [1.807, 2.05) is 29.7 Å². The van der Waals surface area contributed by atoms with Crippen LogP contribution in [0.3, 0.4) is 0 Å². The molecule has 126 valence electrons. The Morgan fingerprint density at radius 2 is 2.33 bits per heavy atom. The summed E-state index contributed by atoms with van der Waals surface area (Å²) in [4.78, 5) is 12.1. The molecule has 0 bridgehead atoms. The second-order valence-electron chi connectivity index (χ2n) is 5.57. The van der Waals surface area contributed by atoms with Crippen LogP contribution >= 0.6 is 11.8 Å². The van der Waals surface area contributed by atoms with Crippen molar-refractivity contribution in [3.63, 3.8) is 0 Å². The van der Waals surface area contributed by atoms with Gasteiger partial charge in [0.2, 0.25) is 5.91 Å². The fourth-order valence-corrected chi connectivity index (χ4v) is 3.41. The first-order valence-electron chi connectivity index (χ1n) is 7.82. The van der Waals surface area contributed by atoms with Crippen LogP contribution in [0, 0.1) is 6.92 Å². The topological polar surface area (TPSA) is 69.0 Å². The lowest BCUT2D eigenvalue weighted by molar-refractivity contribution is -0.118. The Hall–Kier alpha value is -2.28. The molecule has 1 atom stereocenters. The normalized spacial score (nSPS) is 15.6. The number of rotatable bonds is 7. The number of carbonyl (C=O) groups excluding carboxylic acids is 1. The summed E-state index contributed by atoms with van der Waals surface area (Å²) in [7, 11) is 0. The molecule has 1 amide bonds. The molecule has 1 aliphatic rings. The molecule has 24 heavy (non-hydrogen) atoms. The van der Waals surface area contributed by atoms with Crippen molar-refractivity contribution >= 4 is 17.7 Å². The molecule has 1 unspecified atom stereocenters. The number of carbonyl (C=O) groups is 1. The maximum Gasteiger partial charge on any atom is 0.230 e. The third kappa shape index (κ3) is 3.79. The molecule has 0 aliphatic carbocycles. The van der Waals surface area contributed by atoms with Gasteiger partial charge in [0.25, 0.3) is 0 Å². The van der Waals surface area contributed by atoms with Gasteiger partial charge in [0.15, 0.2) is 5.16 Å². The molecule has 0 saturated heterocycles. The zero-order valence-corrected chi connectivity index (χ0v) is 14.4. The zero-order chi connectivity index (χ0) is 16.9. The van der Waals surface area contributed by atoms with Gasteiger partial charge >= 0.3 is 0 Å². The summed E-state index contributed by atoms with van der Waals surface area (Å²) in [5.41, 5.74) is 1.19. The molecular weight excluding hydrogens is 324 g/mol. The number of thioether (sulfide) groups is 1. The molecule has 3 rings (SSSR count). The number of nitrogens with zero attached hydrogens (tertiary/aromatic N) is 3. The molecule has 7 heteroatoms. The van der Waals surface area contributed by atoms with Crippen molar-refractivity contribution < 1.29 is 9.53 Å². The van der Waals surface area contributed by atoms with Crippen molar-refractivity contribution in [1.82, 2.24) is 20.1 Å². The number of amides is 1. The lowest BCUT2D eigenvalue weighted by atomic mass is 10.1. The first-order valence-corrected chi connectivity index (χ1v) is 8.80. The Morgan fingerprint density at radius 3 is 3.12 bits per heavy atom. The number of hydrogen-bond acceptors (Lipinski definition) is 5. The summed E-state index contributed by atoms with van der Waals surface area (Å²) in [5.74, 6) is 1.99. The Morgan fingerprint density at radius 1 is 1.50 bits per heavy atom. The van der Waals surface area contributed by atoms with Gasteiger partial charge in [0, 0.05) is 13.0 Å². The molecule has 1 N–H and O–H groups in total. The second kappa shape index (κ2) is 7.53. The highest BCUT2D eigenvalue weighted by atomic mass is 32.2. The molecule has 2 heterocycles. The highest BCUT2D eigenvalue weighted by Gasteiger charge is 2.22. The minimum Gasteiger partial charge on any atom is -0.488 e. The van der Waals surface area contributed by atoms with Crippen LogP contribution < -0.4 is 10.1 Å². The average molecular weight is 344 g/mol. The van der Waals surface area contributed by atoms with E-state index in [-0.39, 0.29) is 12.0 Å². The fourth-order valence-electron chi connectivity index (χ4n) is 2.58. The van der Waals surface area contributed by atoms with Crippen molar-refractivity contribution in [1.29, 1.82) is 0 Å². The molecule has 1 aromatic carbocycles. The molecule has 1 aliphatic heterocycles. The van der Waals surface area contributed by atoms with Crippen LogP contribution in [0.5, 0.6) is 5.75 Å². The van der Waals surface area contributed by atoms with Crippen LogP contribution in [0.2, 0.25) is 0 Å². The zero-order valence-electron chi connectivity index (χ0n) is 13.6. The largest absolute Gasteiger partial charge is 0.488 e. The highest BCUT2D eigenvalue weighted by Crippen LogP contribution is 2.27. The molecule has 0 radical (unpaired) electrons. The number of fused-ring (bicyclic) bond motifs is 1. The maximum atomic E-state index is 12.1. The number of nitrogens with one attached hydrogen (secondary N) is 1. The van der Waals surface area contributed by atoms with E-state index in [1.54, 1.807) is 6.08 Å². The van der Waals surface area contributed by atoms with E-state index in [4.69, 9.17) is 4.74 Å². The standard InChI is InChI=1S/C17H20N4O2S/c1-3-8-21-12(2)19-20-17(21)24-11-16(22)18-10-14-9-13-6-4-5-7-15(13)23-14/h3-7,14H,1,8-11H2,2H3,(H,18,22). The molecule has 1 aromatic heterocycles. The van der Waals surface area contributed by atoms with Gasteiger partial charge in [-0.3, -0.25) is 4.79 Å². The lowest BCUT2D eigenvalue weighted by Crippen LogP contribution is -2.35. The van der Waals surface area contributed by atoms with E-state index in [0.29, 0.717) is 18.8 Å². The van der Waals surface area contributed by atoms with E-state index in [0.717, 1.165) is 23.2 Å². The van der Waals surface area contributed by atoms with Crippen molar-refractivity contribution in [2.24, 2.45) is 0 Å². The molecular formula is C17H20N4O2S. The smallest absolute Gasteiger partial charge is 0.230 e. The van der Waals surface area contributed by atoms with Gasteiger partial charge in [0.1, 0.15) is 17.7 Å². The van der Waals surface area contributed by atoms with Gasteiger partial charge in [0.05, 0.1) is 12.3 Å². The number of hydrogen-bond donors (Lipinski definition) is 1. The quantitative estimate of drug-likeness (QED) is 0.614. The van der Waals surface area contributed by atoms with Crippen molar-refractivity contribution in [3.05, 3.63) is 48.3 Å². The van der Waals surface area contributed by atoms with Crippen LogP contribution in [0.1, 0.15) is 11.4 Å². The minimum absolute atomic E-state index is 0.00279. The number of ether oxygens (including phenoxy) is 1. The number of aryl methyl sites for hydroxylation is 1. The molecule has 2 aromatic rings. The first kappa shape index (κ1) is 16.6. The highest BCUT2D eigenvalue weighted by molar-refractivity contribution is 7.99. The van der Waals surface area contributed by atoms with E-state index >= 15 is 0 Å². The van der Waals surface area contributed by atoms with Gasteiger partial charge in [-0.05, 0) is 18.6 Å². The Kier molecular flexibility index (Phi) is 5.20. The summed E-state index contributed by atoms with van der Waals surface area (Å²) in [6.45, 7) is 6.75. The predicted molar refractivity (Wildman–Crippen MR) is 93.3 cm³/mol. The number of aromatic nitrogens is 3. The third-order valence-corrected chi connectivity index (χ3v) is 4.75. The van der Waals surface area contributed by atoms with Gasteiger partial charge in [-0.15, -0.1) is 16.8 Å². The molecule has 6 nitrogen and oxygen atoms in total. The fraction of sp³-hybridized carbons (Fsp3) is 0.353. The van der Waals surface area contributed by atoms with Crippen LogP contribution in [0.25, 0.3) is 0 Å². The number of para-hydroxylation sites is 1. The first-order chi connectivity index (χ1) is 11.7. The Bertz CT molecular complexity index is 719. The SMILES string of the molecule is C=CCn1c(C)nnc1SCC(=O)NCC1Cc2ccccc2O1. The third-order valence-electron chi connectivity index (χ3n) is 3.79. The maximum absolute atomic E-state index is 12.1. The summed E-state index contributed by atoms with van der Waals surface area (Å²) in [5, 5.41) is 11.8. The second-order valence-corrected chi connectivity index (χ2v) is 6.52. The average Bonchev–Trinajstić information content (AvgIpc) is 3.15. The summed E-state index contributed by atoms with van der Waals surface area (Å²) >= 11 is 1.37. The number of allylic oxidation sites excluding steroid dienone is 1. The summed E-state index contributed by atoms with van der Waals surface area (Å²) in [6, 6.07) is 7.97.